The van der Waals surface area contributed by atoms with Gasteiger partial charge < -0.3 is 10.1 Å². The van der Waals surface area contributed by atoms with E-state index in [2.05, 4.69) is 73.0 Å². The van der Waals surface area contributed by atoms with Crippen molar-refractivity contribution < 1.29 is 4.74 Å². The summed E-state index contributed by atoms with van der Waals surface area (Å²) in [7, 11) is 2.05. The highest BCUT2D eigenvalue weighted by atomic mass is 16.5. The van der Waals surface area contributed by atoms with E-state index >= 15 is 0 Å². The zero-order valence-electron chi connectivity index (χ0n) is 14.5. The van der Waals surface area contributed by atoms with Crippen LogP contribution in [0.4, 0.5) is 0 Å². The summed E-state index contributed by atoms with van der Waals surface area (Å²) in [6.07, 6.45) is 2.44. The summed E-state index contributed by atoms with van der Waals surface area (Å²) >= 11 is 0. The van der Waals surface area contributed by atoms with E-state index in [9.17, 15) is 0 Å². The maximum Gasteiger partial charge on any atom is 0.119 e. The highest BCUT2D eigenvalue weighted by Gasteiger charge is 2.42. The van der Waals surface area contributed by atoms with E-state index in [0.717, 1.165) is 5.75 Å². The van der Waals surface area contributed by atoms with Crippen LogP contribution in [-0.2, 0) is 12.1 Å². The summed E-state index contributed by atoms with van der Waals surface area (Å²) in [5, 5.41) is 3.47. The van der Waals surface area contributed by atoms with E-state index in [1.807, 2.05) is 18.2 Å². The lowest BCUT2D eigenvalue weighted by molar-refractivity contribution is 0.306. The molecular formula is C23H23NO. The van der Waals surface area contributed by atoms with Gasteiger partial charge in [0.25, 0.3) is 0 Å². The van der Waals surface area contributed by atoms with E-state index < -0.39 is 0 Å². The minimum absolute atomic E-state index is 0.203. The van der Waals surface area contributed by atoms with Gasteiger partial charge >= 0.3 is 0 Å². The van der Waals surface area contributed by atoms with Crippen LogP contribution in [0.1, 0.15) is 24.0 Å². The van der Waals surface area contributed by atoms with Crippen LogP contribution in [-0.4, -0.2) is 7.05 Å². The molecule has 1 saturated carbocycles. The summed E-state index contributed by atoms with van der Waals surface area (Å²) in [6, 6.07) is 27.5. The fraction of sp³-hybridized carbons (Fsp3) is 0.217. The second-order valence-electron chi connectivity index (χ2n) is 6.71. The molecular weight excluding hydrogens is 306 g/mol. The van der Waals surface area contributed by atoms with Crippen LogP contribution < -0.4 is 10.1 Å². The molecule has 2 nitrogen and oxygen atoms in total. The number of hydrogen-bond acceptors (Lipinski definition) is 2. The first-order valence-electron chi connectivity index (χ1n) is 8.86. The third-order valence-corrected chi connectivity index (χ3v) is 5.08. The molecule has 0 heterocycles. The molecule has 25 heavy (non-hydrogen) atoms. The Morgan fingerprint density at radius 2 is 1.60 bits per heavy atom. The third kappa shape index (κ3) is 3.45. The molecule has 3 aromatic carbocycles. The van der Waals surface area contributed by atoms with E-state index in [1.165, 1.54) is 35.1 Å². The molecule has 0 radical (unpaired) electrons. The van der Waals surface area contributed by atoms with Crippen molar-refractivity contribution in [3.8, 4) is 16.9 Å². The first kappa shape index (κ1) is 15.9. The van der Waals surface area contributed by atoms with Crippen LogP contribution in [0.15, 0.2) is 78.9 Å². The molecule has 0 atom stereocenters. The van der Waals surface area contributed by atoms with Gasteiger partial charge in [-0.3, -0.25) is 0 Å². The van der Waals surface area contributed by atoms with Crippen molar-refractivity contribution in [2.24, 2.45) is 0 Å². The maximum absolute atomic E-state index is 5.88. The topological polar surface area (TPSA) is 21.3 Å². The van der Waals surface area contributed by atoms with Crippen LogP contribution in [0.3, 0.4) is 0 Å². The van der Waals surface area contributed by atoms with Gasteiger partial charge in [0.2, 0.25) is 0 Å². The number of ether oxygens (including phenoxy) is 1. The zero-order valence-corrected chi connectivity index (χ0v) is 14.5. The molecule has 0 bridgehead atoms. The monoisotopic (exact) mass is 329 g/mol. The van der Waals surface area contributed by atoms with Crippen molar-refractivity contribution in [3.05, 3.63) is 90.0 Å². The van der Waals surface area contributed by atoms with Crippen molar-refractivity contribution in [1.29, 1.82) is 0 Å². The van der Waals surface area contributed by atoms with Gasteiger partial charge in [-0.05, 0) is 60.3 Å². The summed E-state index contributed by atoms with van der Waals surface area (Å²) < 4.78 is 5.88. The fourth-order valence-corrected chi connectivity index (χ4v) is 3.29. The molecule has 1 N–H and O–H groups in total. The Labute approximate surface area is 149 Å². The number of hydrogen-bond donors (Lipinski definition) is 1. The highest BCUT2D eigenvalue weighted by molar-refractivity contribution is 5.65. The molecule has 126 valence electrons. The minimum Gasteiger partial charge on any atom is -0.489 e. The average molecular weight is 329 g/mol. The lowest BCUT2D eigenvalue weighted by Crippen LogP contribution is -2.24. The lowest BCUT2D eigenvalue weighted by Gasteiger charge is -2.16. The summed E-state index contributed by atoms with van der Waals surface area (Å²) in [4.78, 5) is 0. The molecule has 1 aliphatic rings. The number of rotatable bonds is 6. The lowest BCUT2D eigenvalue weighted by atomic mass is 9.98. The van der Waals surface area contributed by atoms with Gasteiger partial charge in [0.15, 0.2) is 0 Å². The second kappa shape index (κ2) is 6.73. The molecule has 0 aromatic heterocycles. The number of nitrogens with one attached hydrogen (secondary N) is 1. The smallest absolute Gasteiger partial charge is 0.119 e. The largest absolute Gasteiger partial charge is 0.489 e. The van der Waals surface area contributed by atoms with Crippen LogP contribution in [0.5, 0.6) is 5.75 Å². The Balaban J connectivity index is 1.48. The average Bonchev–Trinajstić information content (AvgIpc) is 3.49. The van der Waals surface area contributed by atoms with Crippen molar-refractivity contribution in [2.45, 2.75) is 25.0 Å². The quantitative estimate of drug-likeness (QED) is 0.676. The van der Waals surface area contributed by atoms with Crippen LogP contribution in [0, 0.1) is 0 Å². The molecule has 1 fully saturated rings. The molecule has 0 unspecified atom stereocenters. The predicted octanol–water partition coefficient (Wildman–Crippen LogP) is 5.14. The first-order chi connectivity index (χ1) is 12.3. The molecule has 0 saturated heterocycles. The Morgan fingerprint density at radius 3 is 2.28 bits per heavy atom. The van der Waals surface area contributed by atoms with Crippen molar-refractivity contribution in [3.63, 3.8) is 0 Å². The number of benzene rings is 3. The van der Waals surface area contributed by atoms with Gasteiger partial charge in [0, 0.05) is 5.54 Å². The maximum atomic E-state index is 5.88. The zero-order chi connectivity index (χ0) is 17.1. The van der Waals surface area contributed by atoms with Crippen LogP contribution in [0.2, 0.25) is 0 Å². The molecule has 2 heteroatoms. The second-order valence-corrected chi connectivity index (χ2v) is 6.71. The third-order valence-electron chi connectivity index (χ3n) is 5.08. The normalized spacial score (nSPS) is 14.9. The van der Waals surface area contributed by atoms with E-state index in [0.29, 0.717) is 6.61 Å². The SMILES string of the molecule is CNC1(c2cccc(-c3ccc(OCc4ccccc4)cc3)c2)CC1. The Bertz CT molecular complexity index is 835. The Kier molecular flexibility index (Phi) is 4.29. The molecule has 1 aliphatic carbocycles. The van der Waals surface area contributed by atoms with E-state index in [1.54, 1.807) is 0 Å². The fourth-order valence-electron chi connectivity index (χ4n) is 3.29. The van der Waals surface area contributed by atoms with Gasteiger partial charge in [0.05, 0.1) is 0 Å². The molecule has 0 spiro atoms. The van der Waals surface area contributed by atoms with E-state index in [4.69, 9.17) is 4.74 Å². The predicted molar refractivity (Wildman–Crippen MR) is 103 cm³/mol. The molecule has 0 amide bonds. The van der Waals surface area contributed by atoms with Gasteiger partial charge in [-0.25, -0.2) is 0 Å². The van der Waals surface area contributed by atoms with Gasteiger partial charge in [-0.2, -0.15) is 0 Å². The van der Waals surface area contributed by atoms with Gasteiger partial charge in [-0.1, -0.05) is 60.7 Å². The Hall–Kier alpha value is -2.58. The standard InChI is InChI=1S/C23H23NO/c1-24-23(14-15-23)21-9-5-8-20(16-21)19-10-12-22(13-11-19)25-17-18-6-3-2-4-7-18/h2-13,16,24H,14-15,17H2,1H3. The van der Waals surface area contributed by atoms with Crippen LogP contribution >= 0.6 is 0 Å². The highest BCUT2D eigenvalue weighted by Crippen LogP contribution is 2.45. The van der Waals surface area contributed by atoms with E-state index in [-0.39, 0.29) is 5.54 Å². The molecule has 4 rings (SSSR count). The first-order valence-corrected chi connectivity index (χ1v) is 8.86. The van der Waals surface area contributed by atoms with Gasteiger partial charge in [0.1, 0.15) is 12.4 Å². The van der Waals surface area contributed by atoms with Crippen molar-refractivity contribution >= 4 is 0 Å². The summed E-state index contributed by atoms with van der Waals surface area (Å²) in [6.45, 7) is 0.598. The molecule has 3 aromatic rings. The molecule has 0 aliphatic heterocycles. The summed E-state index contributed by atoms with van der Waals surface area (Å²) in [5.74, 6) is 0.901. The van der Waals surface area contributed by atoms with Crippen molar-refractivity contribution in [1.82, 2.24) is 5.32 Å². The van der Waals surface area contributed by atoms with Crippen molar-refractivity contribution in [2.75, 3.05) is 7.05 Å². The minimum atomic E-state index is 0.203. The Morgan fingerprint density at radius 1 is 0.840 bits per heavy atom. The summed E-state index contributed by atoms with van der Waals surface area (Å²) in [5.41, 5.74) is 5.25. The van der Waals surface area contributed by atoms with Crippen LogP contribution in [0.25, 0.3) is 11.1 Å². The van der Waals surface area contributed by atoms with Gasteiger partial charge in [-0.15, -0.1) is 0 Å².